The van der Waals surface area contributed by atoms with Crippen molar-refractivity contribution in [1.82, 2.24) is 14.7 Å². The molecule has 0 spiro atoms. The summed E-state index contributed by atoms with van der Waals surface area (Å²) >= 11 is 1.76. The highest BCUT2D eigenvalue weighted by Gasteiger charge is 2.33. The molecule has 0 radical (unpaired) electrons. The SMILES string of the molecule is O=C(O)C1CCCN1CC(=O)N1CCN(Cc2cccs2)CC1. The largest absolute Gasteiger partial charge is 0.480 e. The van der Waals surface area contributed by atoms with Crippen molar-refractivity contribution in [3.63, 3.8) is 0 Å². The van der Waals surface area contributed by atoms with Crippen LogP contribution in [-0.4, -0.2) is 77.0 Å². The lowest BCUT2D eigenvalue weighted by Gasteiger charge is -2.35. The van der Waals surface area contributed by atoms with Gasteiger partial charge in [-0.3, -0.25) is 19.4 Å². The summed E-state index contributed by atoms with van der Waals surface area (Å²) in [6.07, 6.45) is 1.51. The molecule has 1 aromatic heterocycles. The van der Waals surface area contributed by atoms with Crippen LogP contribution in [-0.2, 0) is 16.1 Å². The van der Waals surface area contributed by atoms with Crippen molar-refractivity contribution in [2.45, 2.75) is 25.4 Å². The maximum absolute atomic E-state index is 12.4. The van der Waals surface area contributed by atoms with Crippen LogP contribution >= 0.6 is 11.3 Å². The third kappa shape index (κ3) is 4.10. The summed E-state index contributed by atoms with van der Waals surface area (Å²) in [6.45, 7) is 5.12. The summed E-state index contributed by atoms with van der Waals surface area (Å²) < 4.78 is 0. The zero-order chi connectivity index (χ0) is 16.2. The third-order valence-electron chi connectivity index (χ3n) is 4.67. The first-order valence-electron chi connectivity index (χ1n) is 8.13. The lowest BCUT2D eigenvalue weighted by molar-refractivity contribution is -0.143. The molecule has 3 rings (SSSR count). The molecule has 0 aromatic carbocycles. The molecule has 1 atom stereocenters. The average molecular weight is 337 g/mol. The minimum Gasteiger partial charge on any atom is -0.480 e. The second-order valence-corrected chi connectivity index (χ2v) is 7.24. The number of likely N-dealkylation sites (tertiary alicyclic amines) is 1. The Morgan fingerprint density at radius 1 is 1.22 bits per heavy atom. The van der Waals surface area contributed by atoms with Crippen molar-refractivity contribution in [1.29, 1.82) is 0 Å². The number of carbonyl (C=O) groups is 2. The molecule has 1 unspecified atom stereocenters. The van der Waals surface area contributed by atoms with Crippen LogP contribution in [0.3, 0.4) is 0 Å². The van der Waals surface area contributed by atoms with E-state index < -0.39 is 12.0 Å². The fourth-order valence-electron chi connectivity index (χ4n) is 3.35. The van der Waals surface area contributed by atoms with Crippen molar-refractivity contribution in [3.8, 4) is 0 Å². The van der Waals surface area contributed by atoms with Crippen LogP contribution < -0.4 is 0 Å². The molecule has 0 bridgehead atoms. The number of hydrogen-bond donors (Lipinski definition) is 1. The number of carboxylic acid groups (broad SMARTS) is 1. The Morgan fingerprint density at radius 3 is 2.65 bits per heavy atom. The van der Waals surface area contributed by atoms with Crippen molar-refractivity contribution >= 4 is 23.2 Å². The summed E-state index contributed by atoms with van der Waals surface area (Å²) in [5.41, 5.74) is 0. The zero-order valence-electron chi connectivity index (χ0n) is 13.2. The van der Waals surface area contributed by atoms with Crippen molar-refractivity contribution < 1.29 is 14.7 Å². The predicted octanol–water partition coefficient (Wildman–Crippen LogP) is 0.941. The van der Waals surface area contributed by atoms with E-state index in [9.17, 15) is 14.7 Å². The van der Waals surface area contributed by atoms with Gasteiger partial charge in [-0.1, -0.05) is 6.07 Å². The topological polar surface area (TPSA) is 64.1 Å². The quantitative estimate of drug-likeness (QED) is 0.866. The molecule has 23 heavy (non-hydrogen) atoms. The van der Waals surface area contributed by atoms with Gasteiger partial charge in [0.1, 0.15) is 6.04 Å². The van der Waals surface area contributed by atoms with Crippen LogP contribution in [0.25, 0.3) is 0 Å². The van der Waals surface area contributed by atoms with Crippen LogP contribution in [0.2, 0.25) is 0 Å². The molecular weight excluding hydrogens is 314 g/mol. The predicted molar refractivity (Wildman–Crippen MR) is 88.4 cm³/mol. The fourth-order valence-corrected chi connectivity index (χ4v) is 4.09. The number of piperazine rings is 1. The van der Waals surface area contributed by atoms with Gasteiger partial charge in [-0.15, -0.1) is 11.3 Å². The minimum absolute atomic E-state index is 0.0638. The van der Waals surface area contributed by atoms with E-state index in [0.717, 1.165) is 39.1 Å². The average Bonchev–Trinajstić information content (AvgIpc) is 3.19. The van der Waals surface area contributed by atoms with Crippen LogP contribution in [0.5, 0.6) is 0 Å². The number of thiophene rings is 1. The van der Waals surface area contributed by atoms with Gasteiger partial charge < -0.3 is 10.0 Å². The first kappa shape index (κ1) is 16.4. The van der Waals surface area contributed by atoms with E-state index in [0.29, 0.717) is 13.0 Å². The number of hydrogen-bond acceptors (Lipinski definition) is 5. The van der Waals surface area contributed by atoms with E-state index in [1.54, 1.807) is 11.3 Å². The second-order valence-electron chi connectivity index (χ2n) is 6.20. The summed E-state index contributed by atoms with van der Waals surface area (Å²) in [7, 11) is 0. The van der Waals surface area contributed by atoms with E-state index >= 15 is 0 Å². The Labute approximate surface area is 140 Å². The van der Waals surface area contributed by atoms with Gasteiger partial charge in [0.2, 0.25) is 5.91 Å². The normalized spacial score (nSPS) is 23.3. The monoisotopic (exact) mass is 337 g/mol. The van der Waals surface area contributed by atoms with Gasteiger partial charge in [0, 0.05) is 37.6 Å². The fraction of sp³-hybridized carbons (Fsp3) is 0.625. The lowest BCUT2D eigenvalue weighted by Crippen LogP contribution is -2.51. The number of nitrogens with zero attached hydrogens (tertiary/aromatic N) is 3. The highest BCUT2D eigenvalue weighted by atomic mass is 32.1. The highest BCUT2D eigenvalue weighted by Crippen LogP contribution is 2.18. The maximum atomic E-state index is 12.4. The van der Waals surface area contributed by atoms with Crippen molar-refractivity contribution in [2.75, 3.05) is 39.3 Å². The first-order valence-corrected chi connectivity index (χ1v) is 9.01. The van der Waals surface area contributed by atoms with Crippen LogP contribution in [0.15, 0.2) is 17.5 Å². The lowest BCUT2D eigenvalue weighted by atomic mass is 10.2. The zero-order valence-corrected chi connectivity index (χ0v) is 14.0. The molecule has 126 valence electrons. The molecule has 2 aliphatic rings. The van der Waals surface area contributed by atoms with Crippen LogP contribution in [0.1, 0.15) is 17.7 Å². The number of carbonyl (C=O) groups excluding carboxylic acids is 1. The van der Waals surface area contributed by atoms with Gasteiger partial charge in [-0.25, -0.2) is 0 Å². The van der Waals surface area contributed by atoms with Gasteiger partial charge in [0.15, 0.2) is 0 Å². The number of aliphatic carboxylic acids is 1. The standard InChI is InChI=1S/C16H23N3O3S/c20-15(12-19-5-1-4-14(19)16(21)22)18-8-6-17(7-9-18)11-13-3-2-10-23-13/h2-3,10,14H,1,4-9,11-12H2,(H,21,22). The Morgan fingerprint density at radius 2 is 2.00 bits per heavy atom. The van der Waals surface area contributed by atoms with E-state index in [-0.39, 0.29) is 12.5 Å². The van der Waals surface area contributed by atoms with E-state index in [1.165, 1.54) is 4.88 Å². The molecule has 3 heterocycles. The first-order chi connectivity index (χ1) is 11.1. The van der Waals surface area contributed by atoms with E-state index in [2.05, 4.69) is 22.4 Å². The number of amides is 1. The molecule has 2 saturated heterocycles. The maximum Gasteiger partial charge on any atom is 0.320 e. The second kappa shape index (κ2) is 7.42. The third-order valence-corrected chi connectivity index (χ3v) is 5.53. The van der Waals surface area contributed by atoms with E-state index in [1.807, 2.05) is 9.80 Å². The highest BCUT2D eigenvalue weighted by molar-refractivity contribution is 7.09. The summed E-state index contributed by atoms with van der Waals surface area (Å²) in [5.74, 6) is -0.745. The number of carboxylic acids is 1. The van der Waals surface area contributed by atoms with Gasteiger partial charge >= 0.3 is 5.97 Å². The van der Waals surface area contributed by atoms with Gasteiger partial charge in [-0.05, 0) is 30.8 Å². The Hall–Kier alpha value is -1.44. The molecular formula is C16H23N3O3S. The summed E-state index contributed by atoms with van der Waals surface area (Å²) in [6, 6.07) is 3.72. The van der Waals surface area contributed by atoms with Crippen LogP contribution in [0, 0.1) is 0 Å². The Kier molecular flexibility index (Phi) is 5.30. The van der Waals surface area contributed by atoms with E-state index in [4.69, 9.17) is 0 Å². The molecule has 2 fully saturated rings. The minimum atomic E-state index is -0.809. The molecule has 1 N–H and O–H groups in total. The Bertz CT molecular complexity index is 541. The smallest absolute Gasteiger partial charge is 0.320 e. The molecule has 2 aliphatic heterocycles. The molecule has 0 aliphatic carbocycles. The summed E-state index contributed by atoms with van der Waals surface area (Å²) in [5, 5.41) is 11.3. The summed E-state index contributed by atoms with van der Waals surface area (Å²) in [4.78, 5) is 31.0. The van der Waals surface area contributed by atoms with Crippen molar-refractivity contribution in [2.24, 2.45) is 0 Å². The number of rotatable bonds is 5. The molecule has 0 saturated carbocycles. The molecule has 1 amide bonds. The molecule has 1 aromatic rings. The van der Waals surface area contributed by atoms with Gasteiger partial charge in [0.05, 0.1) is 6.54 Å². The van der Waals surface area contributed by atoms with Crippen LogP contribution in [0.4, 0.5) is 0 Å². The van der Waals surface area contributed by atoms with Gasteiger partial charge in [-0.2, -0.15) is 0 Å². The van der Waals surface area contributed by atoms with Crippen molar-refractivity contribution in [3.05, 3.63) is 22.4 Å². The van der Waals surface area contributed by atoms with Gasteiger partial charge in [0.25, 0.3) is 0 Å². The Balaban J connectivity index is 1.45. The molecule has 7 heteroatoms. The molecule has 6 nitrogen and oxygen atoms in total.